The van der Waals surface area contributed by atoms with Crippen molar-refractivity contribution in [2.75, 3.05) is 20.3 Å². The van der Waals surface area contributed by atoms with Gasteiger partial charge < -0.3 is 19.9 Å². The minimum atomic E-state index is -0.581. The maximum absolute atomic E-state index is 12.4. The van der Waals surface area contributed by atoms with E-state index in [-0.39, 0.29) is 12.5 Å². The summed E-state index contributed by atoms with van der Waals surface area (Å²) in [5.41, 5.74) is -0.0954. The van der Waals surface area contributed by atoms with E-state index in [1.54, 1.807) is 25.3 Å². The highest BCUT2D eigenvalue weighted by atomic mass is 16.5. The summed E-state index contributed by atoms with van der Waals surface area (Å²) in [4.78, 5) is 12.4. The molecule has 0 saturated heterocycles. The van der Waals surface area contributed by atoms with Gasteiger partial charge in [0.2, 0.25) is 0 Å². The molecule has 0 unspecified atom stereocenters. The number of hydrogen-bond acceptors (Lipinski definition) is 4. The zero-order valence-corrected chi connectivity index (χ0v) is 13.2. The van der Waals surface area contributed by atoms with E-state index in [0.717, 1.165) is 0 Å². The van der Waals surface area contributed by atoms with Crippen molar-refractivity contribution in [3.8, 4) is 11.5 Å². The Morgan fingerprint density at radius 1 is 1.24 bits per heavy atom. The molecule has 0 aliphatic carbocycles. The van der Waals surface area contributed by atoms with E-state index in [9.17, 15) is 9.90 Å². The van der Waals surface area contributed by atoms with Gasteiger partial charge in [-0.15, -0.1) is 0 Å². The Balaban J connectivity index is 2.99. The van der Waals surface area contributed by atoms with E-state index in [1.807, 2.05) is 20.8 Å². The lowest BCUT2D eigenvalue weighted by Gasteiger charge is -2.30. The molecular formula is C16H25NO4. The number of carbonyl (C=O) groups is 1. The van der Waals surface area contributed by atoms with E-state index in [0.29, 0.717) is 36.5 Å². The smallest absolute Gasteiger partial charge is 0.251 e. The highest BCUT2D eigenvalue weighted by molar-refractivity contribution is 5.95. The Bertz CT molecular complexity index is 461. The first-order valence-electron chi connectivity index (χ1n) is 7.30. The number of aliphatic hydroxyl groups excluding tert-OH is 1. The van der Waals surface area contributed by atoms with Crippen molar-refractivity contribution in [3.05, 3.63) is 23.8 Å². The maximum Gasteiger partial charge on any atom is 0.251 e. The van der Waals surface area contributed by atoms with Crippen molar-refractivity contribution in [1.29, 1.82) is 0 Å². The molecule has 0 aliphatic heterocycles. The largest absolute Gasteiger partial charge is 0.493 e. The van der Waals surface area contributed by atoms with Crippen LogP contribution in [0.15, 0.2) is 18.2 Å². The molecule has 0 atom stereocenters. The molecule has 0 saturated carbocycles. The Labute approximate surface area is 126 Å². The van der Waals surface area contributed by atoms with Gasteiger partial charge in [-0.05, 0) is 38.0 Å². The molecule has 0 fully saturated rings. The summed E-state index contributed by atoms with van der Waals surface area (Å²) >= 11 is 0. The second kappa shape index (κ2) is 7.88. The third-order valence-electron chi connectivity index (χ3n) is 3.76. The number of amides is 1. The molecule has 0 bridgehead atoms. The van der Waals surface area contributed by atoms with Crippen LogP contribution in [0.5, 0.6) is 11.5 Å². The molecule has 1 rings (SSSR count). The van der Waals surface area contributed by atoms with E-state index in [1.165, 1.54) is 0 Å². The van der Waals surface area contributed by atoms with Gasteiger partial charge >= 0.3 is 0 Å². The lowest BCUT2D eigenvalue weighted by molar-refractivity contribution is 0.0817. The number of hydrogen-bond donors (Lipinski definition) is 2. The van der Waals surface area contributed by atoms with Crippen molar-refractivity contribution in [1.82, 2.24) is 5.32 Å². The van der Waals surface area contributed by atoms with Gasteiger partial charge in [0.25, 0.3) is 5.91 Å². The number of methoxy groups -OCH3 is 1. The van der Waals surface area contributed by atoms with Crippen molar-refractivity contribution >= 4 is 5.91 Å². The predicted octanol–water partition coefficient (Wildman–Crippen LogP) is 2.37. The number of ether oxygens (including phenoxy) is 2. The predicted molar refractivity (Wildman–Crippen MR) is 82.0 cm³/mol. The van der Waals surface area contributed by atoms with E-state index in [4.69, 9.17) is 9.47 Å². The van der Waals surface area contributed by atoms with Gasteiger partial charge in [0.1, 0.15) is 0 Å². The van der Waals surface area contributed by atoms with Crippen LogP contribution in [0, 0.1) is 0 Å². The van der Waals surface area contributed by atoms with Crippen LogP contribution in [0.25, 0.3) is 0 Å². The lowest BCUT2D eigenvalue weighted by atomic mass is 9.93. The number of aliphatic hydroxyl groups is 1. The van der Waals surface area contributed by atoms with Gasteiger partial charge in [-0.1, -0.05) is 13.8 Å². The number of nitrogens with one attached hydrogen (secondary N) is 1. The molecule has 5 heteroatoms. The third-order valence-corrected chi connectivity index (χ3v) is 3.76. The molecule has 0 spiro atoms. The summed E-state index contributed by atoms with van der Waals surface area (Å²) in [6.45, 7) is 6.17. The highest BCUT2D eigenvalue weighted by Crippen LogP contribution is 2.28. The number of carbonyl (C=O) groups excluding carboxylic acids is 1. The molecule has 0 aromatic heterocycles. The standard InChI is InChI=1S/C16H25NO4/c1-5-16(6-2,11-18)17-15(19)12-8-9-13(20-4)14(10-12)21-7-3/h8-10,18H,5-7,11H2,1-4H3,(H,17,19). The SMILES string of the molecule is CCOc1cc(C(=O)NC(CC)(CC)CO)ccc1OC. The van der Waals surface area contributed by atoms with E-state index < -0.39 is 5.54 Å². The molecule has 21 heavy (non-hydrogen) atoms. The van der Waals surface area contributed by atoms with Crippen molar-refractivity contribution in [2.45, 2.75) is 39.2 Å². The van der Waals surface area contributed by atoms with Gasteiger partial charge in [-0.2, -0.15) is 0 Å². The number of rotatable bonds is 8. The monoisotopic (exact) mass is 295 g/mol. The van der Waals surface area contributed by atoms with Crippen LogP contribution < -0.4 is 14.8 Å². The minimum Gasteiger partial charge on any atom is -0.493 e. The molecule has 0 radical (unpaired) electrons. The van der Waals surface area contributed by atoms with Crippen LogP contribution in [0.2, 0.25) is 0 Å². The zero-order valence-electron chi connectivity index (χ0n) is 13.2. The Morgan fingerprint density at radius 3 is 2.38 bits per heavy atom. The van der Waals surface area contributed by atoms with Gasteiger partial charge in [-0.25, -0.2) is 0 Å². The summed E-state index contributed by atoms with van der Waals surface area (Å²) in [7, 11) is 1.56. The normalized spacial score (nSPS) is 11.1. The Kier molecular flexibility index (Phi) is 6.49. The average molecular weight is 295 g/mol. The quantitative estimate of drug-likeness (QED) is 0.772. The molecule has 5 nitrogen and oxygen atoms in total. The van der Waals surface area contributed by atoms with Crippen LogP contribution in [0.1, 0.15) is 44.0 Å². The minimum absolute atomic E-state index is 0.0831. The van der Waals surface area contributed by atoms with Crippen LogP contribution in [0.4, 0.5) is 0 Å². The molecule has 0 aliphatic rings. The molecule has 118 valence electrons. The molecule has 1 aromatic rings. The summed E-state index contributed by atoms with van der Waals surface area (Å²) < 4.78 is 10.7. The molecule has 2 N–H and O–H groups in total. The second-order valence-corrected chi connectivity index (χ2v) is 4.90. The molecule has 1 amide bonds. The van der Waals surface area contributed by atoms with Gasteiger partial charge in [0.05, 0.1) is 25.9 Å². The topological polar surface area (TPSA) is 67.8 Å². The average Bonchev–Trinajstić information content (AvgIpc) is 2.53. The van der Waals surface area contributed by atoms with Crippen molar-refractivity contribution in [3.63, 3.8) is 0 Å². The van der Waals surface area contributed by atoms with Crippen LogP contribution in [-0.4, -0.2) is 36.9 Å². The Hall–Kier alpha value is -1.75. The summed E-state index contributed by atoms with van der Waals surface area (Å²) in [6.07, 6.45) is 1.33. The molecule has 1 aromatic carbocycles. The first kappa shape index (κ1) is 17.3. The first-order chi connectivity index (χ1) is 10.1. The fraction of sp³-hybridized carbons (Fsp3) is 0.562. The van der Waals surface area contributed by atoms with Crippen LogP contribution >= 0.6 is 0 Å². The maximum atomic E-state index is 12.4. The third kappa shape index (κ3) is 4.11. The summed E-state index contributed by atoms with van der Waals surface area (Å²) in [5.74, 6) is 0.902. The van der Waals surface area contributed by atoms with E-state index >= 15 is 0 Å². The highest BCUT2D eigenvalue weighted by Gasteiger charge is 2.27. The zero-order chi connectivity index (χ0) is 15.9. The van der Waals surface area contributed by atoms with Crippen molar-refractivity contribution in [2.24, 2.45) is 0 Å². The second-order valence-electron chi connectivity index (χ2n) is 4.90. The first-order valence-corrected chi connectivity index (χ1v) is 7.30. The fourth-order valence-corrected chi connectivity index (χ4v) is 2.09. The van der Waals surface area contributed by atoms with Crippen molar-refractivity contribution < 1.29 is 19.4 Å². The Morgan fingerprint density at radius 2 is 1.90 bits per heavy atom. The van der Waals surface area contributed by atoms with E-state index in [2.05, 4.69) is 5.32 Å². The summed E-state index contributed by atoms with van der Waals surface area (Å²) in [5, 5.41) is 12.5. The van der Waals surface area contributed by atoms with Crippen LogP contribution in [0.3, 0.4) is 0 Å². The van der Waals surface area contributed by atoms with Gasteiger partial charge in [-0.3, -0.25) is 4.79 Å². The number of benzene rings is 1. The summed E-state index contributed by atoms with van der Waals surface area (Å²) in [6, 6.07) is 5.05. The molecular weight excluding hydrogens is 270 g/mol. The fourth-order valence-electron chi connectivity index (χ4n) is 2.09. The molecule has 0 heterocycles. The lowest BCUT2D eigenvalue weighted by Crippen LogP contribution is -2.50. The van der Waals surface area contributed by atoms with Gasteiger partial charge in [0, 0.05) is 5.56 Å². The van der Waals surface area contributed by atoms with Gasteiger partial charge in [0.15, 0.2) is 11.5 Å². The van der Waals surface area contributed by atoms with Crippen LogP contribution in [-0.2, 0) is 0 Å².